The molecule has 0 spiro atoms. The number of carbonyl (C=O) groups excluding carboxylic acids is 1. The number of piperidine rings is 1. The molecule has 0 bridgehead atoms. The Hall–Kier alpha value is -1.01. The number of aryl methyl sites for hydroxylation is 1. The van der Waals surface area contributed by atoms with Crippen LogP contribution in [0.2, 0.25) is 0 Å². The lowest BCUT2D eigenvalue weighted by Crippen LogP contribution is -2.54. The van der Waals surface area contributed by atoms with Crippen LogP contribution in [-0.2, 0) is 11.8 Å². The Morgan fingerprint density at radius 2 is 2.18 bits per heavy atom. The minimum absolute atomic E-state index is 0.145. The van der Waals surface area contributed by atoms with Crippen LogP contribution in [0, 0.1) is 0 Å². The van der Waals surface area contributed by atoms with Gasteiger partial charge >= 0.3 is 0 Å². The molecule has 5 nitrogen and oxygen atoms in total. The van der Waals surface area contributed by atoms with E-state index in [9.17, 15) is 4.79 Å². The summed E-state index contributed by atoms with van der Waals surface area (Å²) in [5.74, 6) is 2.78. The number of hydrogen-bond acceptors (Lipinski definition) is 4. The third-order valence-electron chi connectivity index (χ3n) is 5.12. The standard InChI is InChI=1S/C16H24N4OS/c1-19-14(6-8-17-19)16-13(18-11-7-9-22-10-11)4-5-15(21)20(16)12-2-3-12/h6,8,11-13,16,18H,2-5,7,9-10H2,1H3/t11-,13-,16-/m1/s1. The Balaban J connectivity index is 1.63. The van der Waals surface area contributed by atoms with E-state index in [0.29, 0.717) is 30.5 Å². The second-order valence-corrected chi connectivity index (χ2v) is 7.88. The van der Waals surface area contributed by atoms with Crippen molar-refractivity contribution in [2.45, 2.75) is 56.3 Å². The largest absolute Gasteiger partial charge is 0.330 e. The van der Waals surface area contributed by atoms with Crippen molar-refractivity contribution in [3.63, 3.8) is 0 Å². The number of aromatic nitrogens is 2. The van der Waals surface area contributed by atoms with E-state index in [-0.39, 0.29) is 6.04 Å². The van der Waals surface area contributed by atoms with Gasteiger partial charge in [0.2, 0.25) is 5.91 Å². The van der Waals surface area contributed by atoms with Gasteiger partial charge in [0, 0.05) is 43.5 Å². The highest BCUT2D eigenvalue weighted by Crippen LogP contribution is 2.40. The third-order valence-corrected chi connectivity index (χ3v) is 6.28. The molecule has 0 unspecified atom stereocenters. The molecule has 6 heteroatoms. The van der Waals surface area contributed by atoms with E-state index in [1.807, 2.05) is 29.7 Å². The molecule has 1 saturated carbocycles. The van der Waals surface area contributed by atoms with Crippen molar-refractivity contribution in [2.24, 2.45) is 7.05 Å². The lowest BCUT2D eigenvalue weighted by atomic mass is 9.91. The Bertz CT molecular complexity index is 550. The van der Waals surface area contributed by atoms with Gasteiger partial charge in [-0.05, 0) is 37.5 Å². The quantitative estimate of drug-likeness (QED) is 0.917. The molecule has 2 aliphatic heterocycles. The van der Waals surface area contributed by atoms with Gasteiger partial charge in [-0.25, -0.2) is 0 Å². The number of amides is 1. The van der Waals surface area contributed by atoms with Gasteiger partial charge in [0.1, 0.15) is 0 Å². The molecule has 0 aromatic carbocycles. The summed E-state index contributed by atoms with van der Waals surface area (Å²) in [7, 11) is 1.99. The Labute approximate surface area is 135 Å². The third kappa shape index (κ3) is 2.67. The van der Waals surface area contributed by atoms with E-state index in [0.717, 1.165) is 19.3 Å². The van der Waals surface area contributed by atoms with Crippen LogP contribution in [0.3, 0.4) is 0 Å². The van der Waals surface area contributed by atoms with Crippen molar-refractivity contribution in [3.05, 3.63) is 18.0 Å². The molecule has 1 aromatic heterocycles. The van der Waals surface area contributed by atoms with E-state index >= 15 is 0 Å². The molecule has 1 N–H and O–H groups in total. The van der Waals surface area contributed by atoms with E-state index in [1.165, 1.54) is 23.6 Å². The maximum atomic E-state index is 12.5. The van der Waals surface area contributed by atoms with Crippen molar-refractivity contribution < 1.29 is 4.79 Å². The zero-order valence-electron chi connectivity index (χ0n) is 13.1. The van der Waals surface area contributed by atoms with Gasteiger partial charge < -0.3 is 10.2 Å². The summed E-state index contributed by atoms with van der Waals surface area (Å²) >= 11 is 2.03. The monoisotopic (exact) mass is 320 g/mol. The molecule has 1 aromatic rings. The number of thioether (sulfide) groups is 1. The van der Waals surface area contributed by atoms with Gasteiger partial charge in [0.05, 0.1) is 11.7 Å². The van der Waals surface area contributed by atoms with Crippen LogP contribution in [0.5, 0.6) is 0 Å². The first-order valence-corrected chi connectivity index (χ1v) is 9.52. The summed E-state index contributed by atoms with van der Waals surface area (Å²) in [6.45, 7) is 0. The normalized spacial score (nSPS) is 32.7. The fourth-order valence-electron chi connectivity index (χ4n) is 3.86. The van der Waals surface area contributed by atoms with Crippen molar-refractivity contribution in [1.82, 2.24) is 20.0 Å². The first-order valence-electron chi connectivity index (χ1n) is 8.37. The Morgan fingerprint density at radius 1 is 1.32 bits per heavy atom. The van der Waals surface area contributed by atoms with Gasteiger partial charge in [-0.3, -0.25) is 9.48 Å². The number of rotatable bonds is 4. The molecule has 120 valence electrons. The number of nitrogens with one attached hydrogen (secondary N) is 1. The number of carbonyl (C=O) groups is 1. The lowest BCUT2D eigenvalue weighted by Gasteiger charge is -2.42. The second kappa shape index (κ2) is 5.89. The maximum absolute atomic E-state index is 12.5. The van der Waals surface area contributed by atoms with Crippen LogP contribution >= 0.6 is 11.8 Å². The summed E-state index contributed by atoms with van der Waals surface area (Å²) in [6.07, 6.45) is 7.04. The van der Waals surface area contributed by atoms with Gasteiger partial charge in [0.15, 0.2) is 0 Å². The average Bonchev–Trinajstić information content (AvgIpc) is 3.04. The zero-order chi connectivity index (χ0) is 15.1. The molecule has 3 atom stereocenters. The lowest BCUT2D eigenvalue weighted by molar-refractivity contribution is -0.139. The molecule has 0 radical (unpaired) electrons. The second-order valence-electron chi connectivity index (χ2n) is 6.73. The topological polar surface area (TPSA) is 50.2 Å². The average molecular weight is 320 g/mol. The molecular weight excluding hydrogens is 296 g/mol. The fourth-order valence-corrected chi connectivity index (χ4v) is 5.03. The Kier molecular flexibility index (Phi) is 3.90. The smallest absolute Gasteiger partial charge is 0.223 e. The number of hydrogen-bond donors (Lipinski definition) is 1. The van der Waals surface area contributed by atoms with Crippen molar-refractivity contribution in [1.29, 1.82) is 0 Å². The predicted octanol–water partition coefficient (Wildman–Crippen LogP) is 1.71. The summed E-state index contributed by atoms with van der Waals surface area (Å²) in [6, 6.07) is 3.63. The zero-order valence-corrected chi connectivity index (χ0v) is 13.9. The molecule has 3 fully saturated rings. The Morgan fingerprint density at radius 3 is 2.82 bits per heavy atom. The van der Waals surface area contributed by atoms with Gasteiger partial charge in [-0.15, -0.1) is 0 Å². The highest BCUT2D eigenvalue weighted by molar-refractivity contribution is 7.99. The molecular formula is C16H24N4OS. The summed E-state index contributed by atoms with van der Waals surface area (Å²) in [4.78, 5) is 14.7. The summed E-state index contributed by atoms with van der Waals surface area (Å²) in [5.41, 5.74) is 1.17. The first kappa shape index (κ1) is 14.6. The summed E-state index contributed by atoms with van der Waals surface area (Å²) in [5, 5.41) is 8.20. The molecule has 4 rings (SSSR count). The van der Waals surface area contributed by atoms with Crippen LogP contribution < -0.4 is 5.32 Å². The van der Waals surface area contributed by atoms with E-state index in [1.54, 1.807) is 0 Å². The molecule has 1 aliphatic carbocycles. The van der Waals surface area contributed by atoms with Crippen LogP contribution in [-0.4, -0.2) is 50.2 Å². The number of nitrogens with zero attached hydrogens (tertiary/aromatic N) is 3. The molecule has 2 saturated heterocycles. The van der Waals surface area contributed by atoms with Crippen molar-refractivity contribution >= 4 is 17.7 Å². The SMILES string of the molecule is Cn1nccc1[C@H]1[C@H](N[C@@H]2CCSC2)CCC(=O)N1C1CC1. The first-order chi connectivity index (χ1) is 10.7. The van der Waals surface area contributed by atoms with Gasteiger partial charge in [0.25, 0.3) is 0 Å². The van der Waals surface area contributed by atoms with E-state index in [4.69, 9.17) is 0 Å². The van der Waals surface area contributed by atoms with Crippen LogP contribution in [0.1, 0.15) is 43.8 Å². The van der Waals surface area contributed by atoms with Crippen LogP contribution in [0.25, 0.3) is 0 Å². The minimum Gasteiger partial charge on any atom is -0.330 e. The van der Waals surface area contributed by atoms with E-state index in [2.05, 4.69) is 21.4 Å². The van der Waals surface area contributed by atoms with Crippen molar-refractivity contribution in [3.8, 4) is 0 Å². The highest BCUT2D eigenvalue weighted by Gasteiger charge is 2.45. The predicted molar refractivity (Wildman–Crippen MR) is 87.7 cm³/mol. The molecule has 1 amide bonds. The van der Waals surface area contributed by atoms with Gasteiger partial charge in [-0.2, -0.15) is 16.9 Å². The molecule has 3 heterocycles. The van der Waals surface area contributed by atoms with Crippen LogP contribution in [0.15, 0.2) is 12.3 Å². The highest BCUT2D eigenvalue weighted by atomic mass is 32.2. The summed E-state index contributed by atoms with van der Waals surface area (Å²) < 4.78 is 1.94. The van der Waals surface area contributed by atoms with Crippen molar-refractivity contribution in [2.75, 3.05) is 11.5 Å². The maximum Gasteiger partial charge on any atom is 0.223 e. The minimum atomic E-state index is 0.145. The van der Waals surface area contributed by atoms with E-state index < -0.39 is 0 Å². The molecule has 22 heavy (non-hydrogen) atoms. The fraction of sp³-hybridized carbons (Fsp3) is 0.750. The van der Waals surface area contributed by atoms with Crippen LogP contribution in [0.4, 0.5) is 0 Å². The van der Waals surface area contributed by atoms with Gasteiger partial charge in [-0.1, -0.05) is 0 Å². The number of likely N-dealkylation sites (tertiary alicyclic amines) is 1. The molecule has 3 aliphatic rings.